The zero-order valence-corrected chi connectivity index (χ0v) is 12.6. The fraction of sp³-hybridized carbons (Fsp3) is 0.923. The standard InChI is InChI=1S/C13H26BrNO/c1-5-8-10(4)13(16)15-9-12(14)11(6-2)7-3/h10-12H,5-9H2,1-4H3,(H,15,16). The first-order chi connectivity index (χ1) is 7.56. The summed E-state index contributed by atoms with van der Waals surface area (Å²) in [5, 5.41) is 3.03. The Hall–Kier alpha value is -0.0500. The highest BCUT2D eigenvalue weighted by Crippen LogP contribution is 2.19. The lowest BCUT2D eigenvalue weighted by Crippen LogP contribution is -2.36. The van der Waals surface area contributed by atoms with E-state index in [0.717, 1.165) is 32.2 Å². The first-order valence-electron chi connectivity index (χ1n) is 6.48. The van der Waals surface area contributed by atoms with Crippen molar-refractivity contribution in [3.63, 3.8) is 0 Å². The van der Waals surface area contributed by atoms with E-state index in [-0.39, 0.29) is 11.8 Å². The largest absolute Gasteiger partial charge is 0.355 e. The number of carbonyl (C=O) groups excluding carboxylic acids is 1. The second kappa shape index (κ2) is 9.03. The number of amides is 1. The van der Waals surface area contributed by atoms with E-state index in [0.29, 0.717) is 10.7 Å². The average molecular weight is 292 g/mol. The fourth-order valence-corrected chi connectivity index (χ4v) is 2.81. The molecular weight excluding hydrogens is 266 g/mol. The zero-order valence-electron chi connectivity index (χ0n) is 11.1. The van der Waals surface area contributed by atoms with Gasteiger partial charge < -0.3 is 5.32 Å². The van der Waals surface area contributed by atoms with Crippen molar-refractivity contribution in [3.05, 3.63) is 0 Å². The molecule has 2 unspecified atom stereocenters. The molecular formula is C13H26BrNO. The molecule has 0 bridgehead atoms. The topological polar surface area (TPSA) is 29.1 Å². The summed E-state index contributed by atoms with van der Waals surface area (Å²) in [5.74, 6) is 0.991. The molecule has 3 heteroatoms. The number of halogens is 1. The Balaban J connectivity index is 3.90. The van der Waals surface area contributed by atoms with Gasteiger partial charge in [-0.15, -0.1) is 0 Å². The monoisotopic (exact) mass is 291 g/mol. The predicted molar refractivity (Wildman–Crippen MR) is 73.9 cm³/mol. The second-order valence-corrected chi connectivity index (χ2v) is 5.70. The normalized spacial score (nSPS) is 14.9. The molecule has 0 radical (unpaired) electrons. The molecule has 0 aliphatic rings. The lowest BCUT2D eigenvalue weighted by Gasteiger charge is -2.21. The summed E-state index contributed by atoms with van der Waals surface area (Å²) in [6.45, 7) is 9.26. The van der Waals surface area contributed by atoms with Crippen molar-refractivity contribution in [3.8, 4) is 0 Å². The highest BCUT2D eigenvalue weighted by Gasteiger charge is 2.17. The van der Waals surface area contributed by atoms with Gasteiger partial charge in [0.05, 0.1) is 0 Å². The highest BCUT2D eigenvalue weighted by atomic mass is 79.9. The number of hydrogen-bond acceptors (Lipinski definition) is 1. The van der Waals surface area contributed by atoms with Crippen LogP contribution in [0.2, 0.25) is 0 Å². The van der Waals surface area contributed by atoms with Crippen LogP contribution >= 0.6 is 15.9 Å². The van der Waals surface area contributed by atoms with Crippen molar-refractivity contribution >= 4 is 21.8 Å². The van der Waals surface area contributed by atoms with Crippen LogP contribution in [0.1, 0.15) is 53.4 Å². The first-order valence-corrected chi connectivity index (χ1v) is 7.40. The molecule has 2 nitrogen and oxygen atoms in total. The Morgan fingerprint density at radius 1 is 1.25 bits per heavy atom. The van der Waals surface area contributed by atoms with Gasteiger partial charge in [-0.25, -0.2) is 0 Å². The molecule has 2 atom stereocenters. The average Bonchev–Trinajstić information content (AvgIpc) is 2.27. The summed E-state index contributed by atoms with van der Waals surface area (Å²) >= 11 is 3.67. The van der Waals surface area contributed by atoms with E-state index in [4.69, 9.17) is 0 Å². The smallest absolute Gasteiger partial charge is 0.222 e. The van der Waals surface area contributed by atoms with Gasteiger partial charge >= 0.3 is 0 Å². The van der Waals surface area contributed by atoms with Crippen LogP contribution in [0.3, 0.4) is 0 Å². The third kappa shape index (κ3) is 5.88. The van der Waals surface area contributed by atoms with E-state index < -0.39 is 0 Å². The van der Waals surface area contributed by atoms with Crippen LogP contribution in [-0.2, 0) is 4.79 Å². The predicted octanol–water partition coefficient (Wildman–Crippen LogP) is 3.74. The van der Waals surface area contributed by atoms with Gasteiger partial charge in [-0.1, -0.05) is 62.9 Å². The molecule has 0 aromatic carbocycles. The number of alkyl halides is 1. The van der Waals surface area contributed by atoms with Crippen molar-refractivity contribution in [1.29, 1.82) is 0 Å². The van der Waals surface area contributed by atoms with Gasteiger partial charge in [0.25, 0.3) is 0 Å². The van der Waals surface area contributed by atoms with Crippen molar-refractivity contribution in [1.82, 2.24) is 5.32 Å². The molecule has 0 aromatic rings. The van der Waals surface area contributed by atoms with Gasteiger partial charge in [0, 0.05) is 17.3 Å². The van der Waals surface area contributed by atoms with Crippen LogP contribution in [0.15, 0.2) is 0 Å². The Labute approximate surface area is 109 Å². The molecule has 0 aliphatic heterocycles. The minimum Gasteiger partial charge on any atom is -0.355 e. The van der Waals surface area contributed by atoms with Gasteiger partial charge in [0.2, 0.25) is 5.91 Å². The second-order valence-electron chi connectivity index (χ2n) is 4.53. The molecule has 0 saturated carbocycles. The van der Waals surface area contributed by atoms with E-state index in [9.17, 15) is 4.79 Å². The molecule has 0 spiro atoms. The molecule has 0 aromatic heterocycles. The lowest BCUT2D eigenvalue weighted by molar-refractivity contribution is -0.124. The zero-order chi connectivity index (χ0) is 12.6. The van der Waals surface area contributed by atoms with Crippen LogP contribution in [0.4, 0.5) is 0 Å². The maximum atomic E-state index is 11.7. The van der Waals surface area contributed by atoms with E-state index in [1.165, 1.54) is 0 Å². The summed E-state index contributed by atoms with van der Waals surface area (Å²) < 4.78 is 0. The van der Waals surface area contributed by atoms with Crippen LogP contribution in [0, 0.1) is 11.8 Å². The summed E-state index contributed by atoms with van der Waals surface area (Å²) in [7, 11) is 0. The van der Waals surface area contributed by atoms with E-state index in [1.807, 2.05) is 6.92 Å². The van der Waals surface area contributed by atoms with E-state index >= 15 is 0 Å². The quantitative estimate of drug-likeness (QED) is 0.678. The van der Waals surface area contributed by atoms with E-state index in [1.54, 1.807) is 0 Å². The maximum absolute atomic E-state index is 11.7. The minimum atomic E-state index is 0.145. The summed E-state index contributed by atoms with van der Waals surface area (Å²) in [6.07, 6.45) is 4.36. The first kappa shape index (κ1) is 16.0. The van der Waals surface area contributed by atoms with Gasteiger partial charge in [-0.3, -0.25) is 4.79 Å². The number of rotatable bonds is 8. The molecule has 0 heterocycles. The molecule has 1 amide bonds. The van der Waals surface area contributed by atoms with Crippen LogP contribution in [0.5, 0.6) is 0 Å². The maximum Gasteiger partial charge on any atom is 0.222 e. The fourth-order valence-electron chi connectivity index (χ4n) is 1.90. The third-order valence-corrected chi connectivity index (χ3v) is 4.27. The van der Waals surface area contributed by atoms with Crippen molar-refractivity contribution in [2.75, 3.05) is 6.54 Å². The van der Waals surface area contributed by atoms with Gasteiger partial charge in [-0.2, -0.15) is 0 Å². The van der Waals surface area contributed by atoms with Crippen LogP contribution < -0.4 is 5.32 Å². The Morgan fingerprint density at radius 2 is 1.81 bits per heavy atom. The van der Waals surface area contributed by atoms with Crippen LogP contribution in [-0.4, -0.2) is 17.3 Å². The Kier molecular flexibility index (Phi) is 9.00. The number of hydrogen-bond donors (Lipinski definition) is 1. The SMILES string of the molecule is CCCC(C)C(=O)NCC(Br)C(CC)CC. The van der Waals surface area contributed by atoms with Crippen LogP contribution in [0.25, 0.3) is 0 Å². The summed E-state index contributed by atoms with van der Waals surface area (Å²) in [4.78, 5) is 12.1. The van der Waals surface area contributed by atoms with Crippen molar-refractivity contribution in [2.45, 2.75) is 58.2 Å². The molecule has 96 valence electrons. The number of carbonyl (C=O) groups is 1. The molecule has 0 aliphatic carbocycles. The van der Waals surface area contributed by atoms with E-state index in [2.05, 4.69) is 42.0 Å². The molecule has 0 saturated heterocycles. The van der Waals surface area contributed by atoms with Gasteiger partial charge in [-0.05, 0) is 12.3 Å². The Bertz CT molecular complexity index is 192. The number of nitrogens with one attached hydrogen (secondary N) is 1. The molecule has 1 N–H and O–H groups in total. The summed E-state index contributed by atoms with van der Waals surface area (Å²) in [5.41, 5.74) is 0. The molecule has 0 fully saturated rings. The Morgan fingerprint density at radius 3 is 2.25 bits per heavy atom. The third-order valence-electron chi connectivity index (χ3n) is 3.20. The van der Waals surface area contributed by atoms with Gasteiger partial charge in [0.15, 0.2) is 0 Å². The summed E-state index contributed by atoms with van der Waals surface area (Å²) in [6, 6.07) is 0. The van der Waals surface area contributed by atoms with Gasteiger partial charge in [0.1, 0.15) is 0 Å². The highest BCUT2D eigenvalue weighted by molar-refractivity contribution is 9.09. The van der Waals surface area contributed by atoms with Crippen molar-refractivity contribution in [2.24, 2.45) is 11.8 Å². The molecule has 16 heavy (non-hydrogen) atoms. The minimum absolute atomic E-state index is 0.145. The molecule has 0 rings (SSSR count). The lowest BCUT2D eigenvalue weighted by atomic mass is 9.99. The van der Waals surface area contributed by atoms with Crippen molar-refractivity contribution < 1.29 is 4.79 Å².